The van der Waals surface area contributed by atoms with Crippen molar-refractivity contribution >= 4 is 27.2 Å². The Kier molecular flexibility index (Phi) is 2.73. The van der Waals surface area contributed by atoms with E-state index in [1.165, 1.54) is 39.6 Å². The first-order valence-corrected chi connectivity index (χ1v) is 7.04. The van der Waals surface area contributed by atoms with Gasteiger partial charge in [0.1, 0.15) is 5.69 Å². The molecule has 0 atom stereocenters. The Hall–Kier alpha value is -2.42. The molecule has 0 spiro atoms. The summed E-state index contributed by atoms with van der Waals surface area (Å²) in [5.41, 5.74) is 0.405. The van der Waals surface area contributed by atoms with Gasteiger partial charge in [0.25, 0.3) is 0 Å². The van der Waals surface area contributed by atoms with Crippen molar-refractivity contribution in [3.63, 3.8) is 0 Å². The topological polar surface area (TPSA) is 60.4 Å². The third-order valence-electron chi connectivity index (χ3n) is 3.22. The van der Waals surface area contributed by atoms with Gasteiger partial charge in [-0.15, -0.1) is 10.2 Å². The van der Waals surface area contributed by atoms with E-state index in [4.69, 9.17) is 0 Å². The first kappa shape index (κ1) is 13.3. The Morgan fingerprint density at radius 3 is 2.73 bits per heavy atom. The monoisotopic (exact) mass is 364 g/mol. The van der Waals surface area contributed by atoms with Crippen molar-refractivity contribution in [2.45, 2.75) is 5.92 Å². The fourth-order valence-electron chi connectivity index (χ4n) is 2.18. The molecule has 0 aromatic carbocycles. The Morgan fingerprint density at radius 2 is 1.86 bits per heavy atom. The SMILES string of the molecule is FC(F)(c1ccc2nccn2n1)c1nnc2ccc(Br)cn12. The summed E-state index contributed by atoms with van der Waals surface area (Å²) in [5.74, 6) is -3.88. The van der Waals surface area contributed by atoms with Crippen molar-refractivity contribution in [2.24, 2.45) is 0 Å². The predicted molar refractivity (Wildman–Crippen MR) is 76.7 cm³/mol. The van der Waals surface area contributed by atoms with Crippen molar-refractivity contribution in [3.8, 4) is 0 Å². The minimum Gasteiger partial charge on any atom is -0.280 e. The summed E-state index contributed by atoms with van der Waals surface area (Å²) in [5, 5.41) is 11.3. The third kappa shape index (κ3) is 1.89. The summed E-state index contributed by atoms with van der Waals surface area (Å²) in [6.07, 6.45) is 4.50. The summed E-state index contributed by atoms with van der Waals surface area (Å²) in [4.78, 5) is 3.98. The molecule has 0 unspecified atom stereocenters. The molecule has 0 aliphatic rings. The first-order valence-electron chi connectivity index (χ1n) is 6.25. The van der Waals surface area contributed by atoms with E-state index in [-0.39, 0.29) is 0 Å². The number of aromatic nitrogens is 6. The summed E-state index contributed by atoms with van der Waals surface area (Å²) in [6, 6.07) is 6.03. The maximum atomic E-state index is 14.8. The number of hydrogen-bond donors (Lipinski definition) is 0. The second-order valence-electron chi connectivity index (χ2n) is 4.62. The van der Waals surface area contributed by atoms with Crippen LogP contribution in [-0.2, 0) is 5.92 Å². The molecule has 0 saturated carbocycles. The second kappa shape index (κ2) is 4.54. The minimum absolute atomic E-state index is 0.335. The van der Waals surface area contributed by atoms with E-state index in [9.17, 15) is 8.78 Å². The average molecular weight is 365 g/mol. The molecular weight excluding hydrogens is 358 g/mol. The number of hydrogen-bond acceptors (Lipinski definition) is 4. The Bertz CT molecular complexity index is 992. The summed E-state index contributed by atoms with van der Waals surface area (Å²) in [7, 11) is 0. The van der Waals surface area contributed by atoms with E-state index < -0.39 is 17.4 Å². The van der Waals surface area contributed by atoms with Crippen LogP contribution in [0.15, 0.2) is 47.3 Å². The molecule has 110 valence electrons. The number of rotatable bonds is 2. The van der Waals surface area contributed by atoms with Crippen LogP contribution in [0.4, 0.5) is 8.78 Å². The molecule has 0 amide bonds. The van der Waals surface area contributed by atoms with Crippen molar-refractivity contribution in [2.75, 3.05) is 0 Å². The summed E-state index contributed by atoms with van der Waals surface area (Å²) >= 11 is 3.25. The normalized spacial score (nSPS) is 12.3. The fourth-order valence-corrected chi connectivity index (χ4v) is 2.51. The molecule has 6 nitrogen and oxygen atoms in total. The molecule has 4 aromatic rings. The van der Waals surface area contributed by atoms with Gasteiger partial charge in [-0.25, -0.2) is 9.50 Å². The van der Waals surface area contributed by atoms with Gasteiger partial charge < -0.3 is 0 Å². The van der Waals surface area contributed by atoms with Gasteiger partial charge in [0.15, 0.2) is 11.3 Å². The van der Waals surface area contributed by atoms with Crippen molar-refractivity contribution < 1.29 is 8.78 Å². The molecule has 0 bridgehead atoms. The van der Waals surface area contributed by atoms with E-state index in [1.807, 2.05) is 0 Å². The lowest BCUT2D eigenvalue weighted by atomic mass is 10.2. The molecule has 0 N–H and O–H groups in total. The van der Waals surface area contributed by atoms with Crippen molar-refractivity contribution in [1.29, 1.82) is 0 Å². The zero-order valence-corrected chi connectivity index (χ0v) is 12.4. The van der Waals surface area contributed by atoms with E-state index in [0.29, 0.717) is 15.8 Å². The number of nitrogens with zero attached hydrogens (tertiary/aromatic N) is 6. The molecular formula is C13H7BrF2N6. The molecule has 0 fully saturated rings. The number of halogens is 3. The molecule has 0 saturated heterocycles. The highest BCUT2D eigenvalue weighted by atomic mass is 79.9. The standard InChI is InChI=1S/C13H7BrF2N6/c14-8-1-3-11-18-19-12(21(11)7-8)13(15,16)9-2-4-10-17-5-6-22(10)20-9/h1-7H. The quantitative estimate of drug-likeness (QED) is 0.548. The Labute approximate surface area is 130 Å². The Balaban J connectivity index is 1.92. The Morgan fingerprint density at radius 1 is 1.05 bits per heavy atom. The molecule has 22 heavy (non-hydrogen) atoms. The summed E-state index contributed by atoms with van der Waals surface area (Å²) < 4.78 is 32.7. The van der Waals surface area contributed by atoms with E-state index in [2.05, 4.69) is 36.2 Å². The van der Waals surface area contributed by atoms with Gasteiger partial charge in [0.2, 0.25) is 5.82 Å². The van der Waals surface area contributed by atoms with Crippen LogP contribution in [0.3, 0.4) is 0 Å². The molecule has 0 aliphatic heterocycles. The van der Waals surface area contributed by atoms with Crippen LogP contribution in [0.5, 0.6) is 0 Å². The molecule has 0 radical (unpaired) electrons. The molecule has 4 rings (SSSR count). The fraction of sp³-hybridized carbons (Fsp3) is 0.0769. The molecule has 9 heteroatoms. The van der Waals surface area contributed by atoms with Crippen LogP contribution in [0.2, 0.25) is 0 Å². The van der Waals surface area contributed by atoms with Crippen molar-refractivity contribution in [3.05, 3.63) is 58.8 Å². The van der Waals surface area contributed by atoms with Gasteiger partial charge in [0.05, 0.1) is 0 Å². The lowest BCUT2D eigenvalue weighted by Crippen LogP contribution is -2.22. The number of alkyl halides is 2. The largest absolute Gasteiger partial charge is 0.350 e. The van der Waals surface area contributed by atoms with Crippen LogP contribution in [0.1, 0.15) is 11.5 Å². The zero-order chi connectivity index (χ0) is 15.3. The number of imidazole rings is 1. The van der Waals surface area contributed by atoms with E-state index in [1.54, 1.807) is 12.1 Å². The van der Waals surface area contributed by atoms with Gasteiger partial charge in [-0.3, -0.25) is 4.40 Å². The second-order valence-corrected chi connectivity index (χ2v) is 5.54. The van der Waals surface area contributed by atoms with Gasteiger partial charge in [-0.2, -0.15) is 13.9 Å². The maximum absolute atomic E-state index is 14.8. The average Bonchev–Trinajstić information content (AvgIpc) is 3.12. The van der Waals surface area contributed by atoms with Crippen LogP contribution in [0, 0.1) is 0 Å². The highest BCUT2D eigenvalue weighted by molar-refractivity contribution is 9.10. The van der Waals surface area contributed by atoms with Crippen LogP contribution in [-0.4, -0.2) is 29.2 Å². The highest BCUT2D eigenvalue weighted by Crippen LogP contribution is 2.33. The number of fused-ring (bicyclic) bond motifs is 2. The third-order valence-corrected chi connectivity index (χ3v) is 3.69. The van der Waals surface area contributed by atoms with Gasteiger partial charge in [0, 0.05) is 23.1 Å². The van der Waals surface area contributed by atoms with Crippen LogP contribution < -0.4 is 0 Å². The zero-order valence-electron chi connectivity index (χ0n) is 10.9. The molecule has 4 heterocycles. The smallest absolute Gasteiger partial charge is 0.280 e. The van der Waals surface area contributed by atoms with Crippen molar-refractivity contribution in [1.82, 2.24) is 29.2 Å². The predicted octanol–water partition coefficient (Wildman–Crippen LogP) is 2.67. The maximum Gasteiger partial charge on any atom is 0.350 e. The van der Waals surface area contributed by atoms with Gasteiger partial charge in [-0.1, -0.05) is 0 Å². The number of pyridine rings is 1. The lowest BCUT2D eigenvalue weighted by molar-refractivity contribution is 0.0258. The summed E-state index contributed by atoms with van der Waals surface area (Å²) in [6.45, 7) is 0. The van der Waals surface area contributed by atoms with Crippen LogP contribution >= 0.6 is 15.9 Å². The van der Waals surface area contributed by atoms with Gasteiger partial charge in [-0.05, 0) is 40.2 Å². The molecule has 4 aromatic heterocycles. The van der Waals surface area contributed by atoms with Gasteiger partial charge >= 0.3 is 5.92 Å². The van der Waals surface area contributed by atoms with E-state index >= 15 is 0 Å². The van der Waals surface area contributed by atoms with E-state index in [0.717, 1.165) is 0 Å². The lowest BCUT2D eigenvalue weighted by Gasteiger charge is -2.14. The van der Waals surface area contributed by atoms with Crippen LogP contribution in [0.25, 0.3) is 11.3 Å². The molecule has 0 aliphatic carbocycles. The first-order chi connectivity index (χ1) is 10.6. The highest BCUT2D eigenvalue weighted by Gasteiger charge is 2.41. The minimum atomic E-state index is -3.39.